The molecule has 2 fully saturated rings. The fourth-order valence-electron chi connectivity index (χ4n) is 2.38. The summed E-state index contributed by atoms with van der Waals surface area (Å²) in [6, 6.07) is 0.431. The van der Waals surface area contributed by atoms with Crippen molar-refractivity contribution in [2.45, 2.75) is 37.8 Å². The molecule has 3 N–H and O–H groups in total. The van der Waals surface area contributed by atoms with Gasteiger partial charge in [0.25, 0.3) is 0 Å². The molecule has 0 aromatic carbocycles. The first-order valence-electron chi connectivity index (χ1n) is 6.16. The molecule has 2 rings (SSSR count). The van der Waals surface area contributed by atoms with Crippen molar-refractivity contribution in [2.75, 3.05) is 26.2 Å². The van der Waals surface area contributed by atoms with Crippen molar-refractivity contribution in [3.05, 3.63) is 0 Å². The maximum Gasteiger partial charge on any atom is 0.317 e. The summed E-state index contributed by atoms with van der Waals surface area (Å²) in [5.41, 5.74) is 5.55. The predicted octanol–water partition coefficient (Wildman–Crippen LogP) is 0.298. The SMILES string of the molecule is NCC1CN(C(=O)NC2CCCC2)CCO1. The minimum atomic E-state index is 0.00285. The van der Waals surface area contributed by atoms with Crippen molar-refractivity contribution in [1.82, 2.24) is 10.2 Å². The van der Waals surface area contributed by atoms with Crippen molar-refractivity contribution in [3.63, 3.8) is 0 Å². The van der Waals surface area contributed by atoms with Crippen molar-refractivity contribution >= 4 is 6.03 Å². The number of ether oxygens (including phenoxy) is 1. The first-order chi connectivity index (χ1) is 7.79. The summed E-state index contributed by atoms with van der Waals surface area (Å²) in [5, 5.41) is 3.08. The number of urea groups is 1. The average Bonchev–Trinajstić information content (AvgIpc) is 2.82. The maximum absolute atomic E-state index is 11.9. The summed E-state index contributed by atoms with van der Waals surface area (Å²) in [6.45, 7) is 2.37. The van der Waals surface area contributed by atoms with E-state index in [0.29, 0.717) is 32.3 Å². The molecule has 0 spiro atoms. The van der Waals surface area contributed by atoms with Gasteiger partial charge in [0.15, 0.2) is 0 Å². The van der Waals surface area contributed by atoms with Crippen molar-refractivity contribution in [1.29, 1.82) is 0 Å². The molecule has 0 bridgehead atoms. The molecule has 1 saturated carbocycles. The van der Waals surface area contributed by atoms with Crippen molar-refractivity contribution < 1.29 is 9.53 Å². The molecule has 92 valence electrons. The van der Waals surface area contributed by atoms with E-state index in [1.165, 1.54) is 12.8 Å². The highest BCUT2D eigenvalue weighted by Crippen LogP contribution is 2.18. The number of nitrogens with one attached hydrogen (secondary N) is 1. The molecule has 1 saturated heterocycles. The number of carbonyl (C=O) groups is 1. The Bertz CT molecular complexity index is 241. The van der Waals surface area contributed by atoms with Crippen LogP contribution in [0, 0.1) is 0 Å². The van der Waals surface area contributed by atoms with E-state index in [-0.39, 0.29) is 12.1 Å². The standard InChI is InChI=1S/C11H21N3O2/c12-7-10-8-14(5-6-16-10)11(15)13-9-3-1-2-4-9/h9-10H,1-8,12H2,(H,13,15). The molecular weight excluding hydrogens is 206 g/mol. The molecule has 5 heteroatoms. The number of morpholine rings is 1. The molecule has 0 aromatic rings. The van der Waals surface area contributed by atoms with E-state index in [1.54, 1.807) is 0 Å². The Morgan fingerprint density at radius 2 is 2.19 bits per heavy atom. The molecule has 1 atom stereocenters. The Balaban J connectivity index is 1.79. The second-order valence-electron chi connectivity index (χ2n) is 4.61. The number of hydrogen-bond donors (Lipinski definition) is 2. The zero-order valence-corrected chi connectivity index (χ0v) is 9.65. The third-order valence-corrected chi connectivity index (χ3v) is 3.37. The van der Waals surface area contributed by atoms with E-state index < -0.39 is 0 Å². The number of amides is 2. The van der Waals surface area contributed by atoms with Crippen LogP contribution in [0.2, 0.25) is 0 Å². The molecular formula is C11H21N3O2. The van der Waals surface area contributed by atoms with Crippen LogP contribution in [0.5, 0.6) is 0 Å². The number of carbonyl (C=O) groups excluding carboxylic acids is 1. The van der Waals surface area contributed by atoms with Crippen LogP contribution in [0.15, 0.2) is 0 Å². The topological polar surface area (TPSA) is 67.6 Å². The van der Waals surface area contributed by atoms with Gasteiger partial charge in [0, 0.05) is 25.7 Å². The highest BCUT2D eigenvalue weighted by Gasteiger charge is 2.25. The third kappa shape index (κ3) is 2.86. The van der Waals surface area contributed by atoms with Crippen LogP contribution < -0.4 is 11.1 Å². The van der Waals surface area contributed by atoms with Gasteiger partial charge in [-0.3, -0.25) is 0 Å². The highest BCUT2D eigenvalue weighted by atomic mass is 16.5. The lowest BCUT2D eigenvalue weighted by molar-refractivity contribution is -0.00894. The molecule has 2 amide bonds. The van der Waals surface area contributed by atoms with Crippen LogP contribution in [0.4, 0.5) is 4.79 Å². The van der Waals surface area contributed by atoms with Crippen LogP contribution in [-0.4, -0.2) is 49.3 Å². The van der Waals surface area contributed by atoms with Gasteiger partial charge in [-0.2, -0.15) is 0 Å². The number of nitrogens with zero attached hydrogens (tertiary/aromatic N) is 1. The maximum atomic E-state index is 11.9. The largest absolute Gasteiger partial charge is 0.373 e. The zero-order valence-electron chi connectivity index (χ0n) is 9.65. The molecule has 1 aliphatic carbocycles. The molecule has 0 aromatic heterocycles. The monoisotopic (exact) mass is 227 g/mol. The van der Waals surface area contributed by atoms with Crippen LogP contribution in [0.1, 0.15) is 25.7 Å². The zero-order chi connectivity index (χ0) is 11.4. The van der Waals surface area contributed by atoms with Crippen molar-refractivity contribution in [3.8, 4) is 0 Å². The molecule has 1 aliphatic heterocycles. The third-order valence-electron chi connectivity index (χ3n) is 3.37. The second kappa shape index (κ2) is 5.50. The van der Waals surface area contributed by atoms with E-state index in [1.807, 2.05) is 4.90 Å². The Kier molecular flexibility index (Phi) is 4.01. The van der Waals surface area contributed by atoms with Gasteiger partial charge in [-0.15, -0.1) is 0 Å². The lowest BCUT2D eigenvalue weighted by Crippen LogP contribution is -2.52. The Hall–Kier alpha value is -0.810. The smallest absolute Gasteiger partial charge is 0.317 e. The average molecular weight is 227 g/mol. The summed E-state index contributed by atoms with van der Waals surface area (Å²) in [7, 11) is 0. The van der Waals surface area contributed by atoms with Gasteiger partial charge in [-0.05, 0) is 12.8 Å². The molecule has 16 heavy (non-hydrogen) atoms. The van der Waals surface area contributed by atoms with E-state index in [9.17, 15) is 4.79 Å². The van der Waals surface area contributed by atoms with E-state index in [2.05, 4.69) is 5.32 Å². The van der Waals surface area contributed by atoms with Crippen molar-refractivity contribution in [2.24, 2.45) is 5.73 Å². The first kappa shape index (κ1) is 11.7. The lowest BCUT2D eigenvalue weighted by Gasteiger charge is -2.33. The quantitative estimate of drug-likeness (QED) is 0.713. The fraction of sp³-hybridized carbons (Fsp3) is 0.909. The van der Waals surface area contributed by atoms with Crippen LogP contribution >= 0.6 is 0 Å². The van der Waals surface area contributed by atoms with Gasteiger partial charge in [0.05, 0.1) is 12.7 Å². The summed E-state index contributed by atoms with van der Waals surface area (Å²) in [4.78, 5) is 13.8. The van der Waals surface area contributed by atoms with E-state index in [4.69, 9.17) is 10.5 Å². The number of hydrogen-bond acceptors (Lipinski definition) is 3. The number of rotatable bonds is 2. The Labute approximate surface area is 96.3 Å². The van der Waals surface area contributed by atoms with Gasteiger partial charge >= 0.3 is 6.03 Å². The summed E-state index contributed by atoms with van der Waals surface area (Å²) in [6.07, 6.45) is 4.72. The molecule has 0 radical (unpaired) electrons. The summed E-state index contributed by atoms with van der Waals surface area (Å²) in [5.74, 6) is 0. The highest BCUT2D eigenvalue weighted by molar-refractivity contribution is 5.74. The number of nitrogens with two attached hydrogens (primary N) is 1. The fourth-order valence-corrected chi connectivity index (χ4v) is 2.38. The minimum absolute atomic E-state index is 0.00285. The summed E-state index contributed by atoms with van der Waals surface area (Å²) < 4.78 is 5.43. The first-order valence-corrected chi connectivity index (χ1v) is 6.16. The van der Waals surface area contributed by atoms with E-state index in [0.717, 1.165) is 12.8 Å². The van der Waals surface area contributed by atoms with Crippen LogP contribution in [-0.2, 0) is 4.74 Å². The van der Waals surface area contributed by atoms with Gasteiger partial charge in [-0.25, -0.2) is 4.79 Å². The van der Waals surface area contributed by atoms with Gasteiger partial charge in [0.1, 0.15) is 0 Å². The summed E-state index contributed by atoms with van der Waals surface area (Å²) >= 11 is 0. The normalized spacial score (nSPS) is 27.1. The minimum Gasteiger partial charge on any atom is -0.373 e. The van der Waals surface area contributed by atoms with Crippen LogP contribution in [0.25, 0.3) is 0 Å². The second-order valence-corrected chi connectivity index (χ2v) is 4.61. The molecule has 1 unspecified atom stereocenters. The van der Waals surface area contributed by atoms with Gasteiger partial charge in [0.2, 0.25) is 0 Å². The van der Waals surface area contributed by atoms with Gasteiger partial charge < -0.3 is 20.7 Å². The van der Waals surface area contributed by atoms with Gasteiger partial charge in [-0.1, -0.05) is 12.8 Å². The molecule has 2 aliphatic rings. The Morgan fingerprint density at radius 3 is 2.88 bits per heavy atom. The van der Waals surface area contributed by atoms with Crippen LogP contribution in [0.3, 0.4) is 0 Å². The predicted molar refractivity (Wildman–Crippen MR) is 61.2 cm³/mol. The van der Waals surface area contributed by atoms with E-state index >= 15 is 0 Å². The molecule has 5 nitrogen and oxygen atoms in total. The molecule has 1 heterocycles. The Morgan fingerprint density at radius 1 is 1.44 bits per heavy atom. The lowest BCUT2D eigenvalue weighted by atomic mass is 10.2.